The highest BCUT2D eigenvalue weighted by Crippen LogP contribution is 2.62. The summed E-state index contributed by atoms with van der Waals surface area (Å²) >= 11 is 6.44. The van der Waals surface area contributed by atoms with Gasteiger partial charge in [-0.1, -0.05) is 32.4 Å². The molecule has 1 saturated carbocycles. The van der Waals surface area contributed by atoms with Gasteiger partial charge in [0.05, 0.1) is 29.8 Å². The zero-order valence-corrected chi connectivity index (χ0v) is 28.7. The Labute approximate surface area is 277 Å². The standard InChI is InChI=1S/C34H36ClF2N3O6Si/c1-33(2,3)47(4,5)46-16-25-30(37)19(6-9-39-25)26(42)17-45-32(44)22-15-40-27(43)12-34(7-8-34)31(40)21-13-38-14-23(35)29-20(28(21)22)10-18(41)11-24(29)36/h6,9-11,14,22,31H,7-8,12-13,15-17H2,1-5H3/b29-23-,38-14?. The number of amides is 1. The zero-order chi connectivity index (χ0) is 34.1. The first-order valence-electron chi connectivity index (χ1n) is 15.6. The number of carbonyl (C=O) groups is 4. The number of esters is 1. The van der Waals surface area contributed by atoms with Gasteiger partial charge in [-0.2, -0.15) is 0 Å². The highest BCUT2D eigenvalue weighted by Gasteiger charge is 2.63. The fourth-order valence-corrected chi connectivity index (χ4v) is 7.83. The number of ketones is 2. The van der Waals surface area contributed by atoms with E-state index in [0.717, 1.165) is 18.9 Å². The van der Waals surface area contributed by atoms with Crippen LogP contribution in [0.25, 0.3) is 0 Å². The number of aliphatic imine (C=N–C) groups is 1. The molecule has 4 heterocycles. The van der Waals surface area contributed by atoms with Crippen LogP contribution in [0.5, 0.6) is 0 Å². The maximum absolute atomic E-state index is 15.5. The first-order chi connectivity index (χ1) is 22.0. The van der Waals surface area contributed by atoms with Gasteiger partial charge in [0.1, 0.15) is 17.4 Å². The molecule has 0 aromatic carbocycles. The van der Waals surface area contributed by atoms with E-state index in [0.29, 0.717) is 17.6 Å². The van der Waals surface area contributed by atoms with E-state index in [2.05, 4.69) is 30.7 Å². The largest absolute Gasteiger partial charge is 0.457 e. The molecule has 9 nitrogen and oxygen atoms in total. The molecule has 47 heavy (non-hydrogen) atoms. The molecule has 248 valence electrons. The van der Waals surface area contributed by atoms with Crippen LogP contribution >= 0.6 is 11.6 Å². The number of rotatable bonds is 7. The molecule has 3 aliphatic heterocycles. The second kappa shape index (κ2) is 11.8. The predicted molar refractivity (Wildman–Crippen MR) is 172 cm³/mol. The van der Waals surface area contributed by atoms with Gasteiger partial charge < -0.3 is 14.1 Å². The fourth-order valence-electron chi connectivity index (χ4n) is 6.64. The van der Waals surface area contributed by atoms with Crippen molar-refractivity contribution in [3.8, 4) is 0 Å². The van der Waals surface area contributed by atoms with Crippen LogP contribution in [-0.4, -0.2) is 73.6 Å². The average Bonchev–Trinajstić information content (AvgIpc) is 3.70. The first kappa shape index (κ1) is 33.3. The molecule has 1 aromatic rings. The Kier molecular flexibility index (Phi) is 8.37. The molecule has 13 heteroatoms. The molecule has 2 aliphatic carbocycles. The van der Waals surface area contributed by atoms with Crippen molar-refractivity contribution in [3.63, 3.8) is 0 Å². The van der Waals surface area contributed by atoms with Crippen LogP contribution in [0, 0.1) is 17.2 Å². The van der Waals surface area contributed by atoms with Gasteiger partial charge in [-0.05, 0) is 59.8 Å². The molecule has 0 N–H and O–H groups in total. The van der Waals surface area contributed by atoms with Crippen LogP contribution in [0.15, 0.2) is 62.6 Å². The second-order valence-corrected chi connectivity index (χ2v) is 19.5. The molecule has 0 bridgehead atoms. The van der Waals surface area contributed by atoms with Crippen LogP contribution < -0.4 is 0 Å². The van der Waals surface area contributed by atoms with Crippen molar-refractivity contribution in [3.05, 3.63) is 74.6 Å². The lowest BCUT2D eigenvalue weighted by Gasteiger charge is -2.41. The third-order valence-electron chi connectivity index (χ3n) is 10.3. The maximum atomic E-state index is 15.5. The average molecular weight is 684 g/mol. The Bertz CT molecular complexity index is 1770. The molecule has 0 radical (unpaired) electrons. The Hall–Kier alpha value is -3.61. The number of allylic oxidation sites excluding steroid dienone is 6. The number of hydrogen-bond donors (Lipinski definition) is 0. The van der Waals surface area contributed by atoms with Crippen molar-refractivity contribution >= 4 is 49.6 Å². The van der Waals surface area contributed by atoms with E-state index in [4.69, 9.17) is 20.8 Å². The number of pyridine rings is 1. The minimum absolute atomic E-state index is 0.0306. The summed E-state index contributed by atoms with van der Waals surface area (Å²) in [6.45, 7) is 9.26. The molecule has 2 atom stereocenters. The molecule has 1 amide bonds. The number of ether oxygens (including phenoxy) is 1. The lowest BCUT2D eigenvalue weighted by Crippen LogP contribution is -2.49. The summed E-state index contributed by atoms with van der Waals surface area (Å²) in [4.78, 5) is 63.0. The quantitative estimate of drug-likeness (QED) is 0.205. The molecule has 5 aliphatic rings. The number of Topliss-reactive ketones (excluding diaryl/α,β-unsaturated/α-hetero) is 1. The van der Waals surface area contributed by atoms with Crippen molar-refractivity contribution < 1.29 is 37.1 Å². The number of carbonyl (C=O) groups excluding carboxylic acids is 4. The zero-order valence-electron chi connectivity index (χ0n) is 26.9. The molecular weight excluding hydrogens is 648 g/mol. The summed E-state index contributed by atoms with van der Waals surface area (Å²) in [6.07, 6.45) is 6.57. The van der Waals surface area contributed by atoms with Crippen LogP contribution in [0.3, 0.4) is 0 Å². The molecule has 2 fully saturated rings. The highest BCUT2D eigenvalue weighted by molar-refractivity contribution is 6.74. The van der Waals surface area contributed by atoms with Crippen molar-refractivity contribution in [2.24, 2.45) is 16.3 Å². The van der Waals surface area contributed by atoms with Gasteiger partial charge >= 0.3 is 5.97 Å². The number of nitrogens with zero attached hydrogens (tertiary/aromatic N) is 3. The number of hydrogen-bond acceptors (Lipinski definition) is 8. The smallest absolute Gasteiger partial charge is 0.315 e. The van der Waals surface area contributed by atoms with Gasteiger partial charge in [-0.25, -0.2) is 8.78 Å². The summed E-state index contributed by atoms with van der Waals surface area (Å²) in [5.74, 6) is -5.33. The first-order valence-corrected chi connectivity index (χ1v) is 18.9. The van der Waals surface area contributed by atoms with Crippen LogP contribution in [-0.2, 0) is 30.2 Å². The van der Waals surface area contributed by atoms with Crippen molar-refractivity contribution in [2.45, 2.75) is 70.8 Å². The van der Waals surface area contributed by atoms with E-state index in [1.165, 1.54) is 24.6 Å². The van der Waals surface area contributed by atoms with Crippen molar-refractivity contribution in [2.75, 3.05) is 19.7 Å². The Balaban J connectivity index is 1.29. The SMILES string of the molecule is CC(C)(C)[Si](C)(C)OCc1nccc(C(=O)COC(=O)C2CN3C(=O)CC4(CC4)C3C3=C2C2=CC(=O)C=C(F)/C2=C(\Cl)C=NC3)c1F. The molecule has 1 aromatic heterocycles. The van der Waals surface area contributed by atoms with E-state index < -0.39 is 50.0 Å². The van der Waals surface area contributed by atoms with Gasteiger partial charge in [-0.15, -0.1) is 0 Å². The number of halogens is 3. The summed E-state index contributed by atoms with van der Waals surface area (Å²) in [7, 11) is -2.24. The van der Waals surface area contributed by atoms with E-state index in [1.807, 2.05) is 13.1 Å². The van der Waals surface area contributed by atoms with Crippen molar-refractivity contribution in [1.82, 2.24) is 9.88 Å². The van der Waals surface area contributed by atoms with Crippen LogP contribution in [0.4, 0.5) is 8.78 Å². The highest BCUT2D eigenvalue weighted by atomic mass is 35.5. The van der Waals surface area contributed by atoms with Gasteiger partial charge in [-0.3, -0.25) is 29.2 Å². The normalized spacial score (nSPS) is 25.1. The van der Waals surface area contributed by atoms with Gasteiger partial charge in [0.2, 0.25) is 11.7 Å². The van der Waals surface area contributed by atoms with Gasteiger partial charge in [0.15, 0.2) is 26.5 Å². The molecule has 6 rings (SSSR count). The van der Waals surface area contributed by atoms with Gasteiger partial charge in [0.25, 0.3) is 0 Å². The van der Waals surface area contributed by atoms with E-state index in [-0.39, 0.29) is 69.5 Å². The topological polar surface area (TPSA) is 115 Å². The Morgan fingerprint density at radius 1 is 1.17 bits per heavy atom. The van der Waals surface area contributed by atoms with E-state index >= 15 is 8.78 Å². The Morgan fingerprint density at radius 3 is 2.57 bits per heavy atom. The molecule has 2 unspecified atom stereocenters. The third-order valence-corrected chi connectivity index (χ3v) is 15.1. The molecular formula is C34H36ClF2N3O6Si. The molecule has 1 spiro atoms. The third kappa shape index (κ3) is 5.89. The summed E-state index contributed by atoms with van der Waals surface area (Å²) < 4.78 is 42.4. The van der Waals surface area contributed by atoms with E-state index in [1.54, 1.807) is 4.90 Å². The minimum Gasteiger partial charge on any atom is -0.457 e. The van der Waals surface area contributed by atoms with Gasteiger partial charge in [0, 0.05) is 42.4 Å². The lowest BCUT2D eigenvalue weighted by molar-refractivity contribution is -0.147. The van der Waals surface area contributed by atoms with Crippen molar-refractivity contribution in [1.29, 1.82) is 0 Å². The van der Waals surface area contributed by atoms with Crippen LogP contribution in [0.2, 0.25) is 18.1 Å². The summed E-state index contributed by atoms with van der Waals surface area (Å²) in [5.41, 5.74) is 0.347. The summed E-state index contributed by atoms with van der Waals surface area (Å²) in [6, 6.07) is 0.832. The number of aromatic nitrogens is 1. The Morgan fingerprint density at radius 2 is 1.89 bits per heavy atom. The van der Waals surface area contributed by atoms with Crippen LogP contribution in [0.1, 0.15) is 56.1 Å². The fraction of sp³-hybridized carbons (Fsp3) is 0.471. The summed E-state index contributed by atoms with van der Waals surface area (Å²) in [5, 5.41) is -0.162. The monoisotopic (exact) mass is 683 g/mol. The minimum atomic E-state index is -2.24. The number of fused-ring (bicyclic) bond motifs is 5. The molecule has 1 saturated heterocycles. The predicted octanol–water partition coefficient (Wildman–Crippen LogP) is 5.72. The second-order valence-electron chi connectivity index (χ2n) is 14.3. The van der Waals surface area contributed by atoms with E-state index in [9.17, 15) is 19.2 Å². The maximum Gasteiger partial charge on any atom is 0.315 e. The lowest BCUT2D eigenvalue weighted by atomic mass is 9.74.